The zero-order valence-electron chi connectivity index (χ0n) is 11.6. The molecule has 0 atom stereocenters. The summed E-state index contributed by atoms with van der Waals surface area (Å²) in [5.41, 5.74) is 1.54. The quantitative estimate of drug-likeness (QED) is 0.523. The fourth-order valence-corrected chi connectivity index (χ4v) is 2.05. The molecular weight excluding hydrogens is 263 g/mol. The summed E-state index contributed by atoms with van der Waals surface area (Å²) in [5, 5.41) is 11.0. The molecule has 0 unspecified atom stereocenters. The maximum absolute atomic E-state index is 12.5. The summed E-state index contributed by atoms with van der Waals surface area (Å²) in [7, 11) is 0. The van der Waals surface area contributed by atoms with Gasteiger partial charge in [0.05, 0.1) is 5.97 Å². The van der Waals surface area contributed by atoms with Crippen LogP contribution < -0.4 is 34.7 Å². The zero-order chi connectivity index (χ0) is 13.8. The Morgan fingerprint density at radius 1 is 0.900 bits per heavy atom. The van der Waals surface area contributed by atoms with E-state index in [0.29, 0.717) is 5.56 Å². The smallest absolute Gasteiger partial charge is 0.545 e. The Hall–Kier alpha value is -1.42. The maximum atomic E-state index is 12.5. The number of aryl methyl sites for hydroxylation is 1. The Bertz CT molecular complexity index is 635. The molecule has 0 bridgehead atoms. The molecule has 2 rings (SSSR count). The Labute approximate surface area is 139 Å². The van der Waals surface area contributed by atoms with Gasteiger partial charge in [0.1, 0.15) is 0 Å². The molecule has 0 aliphatic heterocycles. The third-order valence-electron chi connectivity index (χ3n) is 3.03. The van der Waals surface area contributed by atoms with E-state index >= 15 is 0 Å². The van der Waals surface area contributed by atoms with Gasteiger partial charge in [-0.3, -0.25) is 4.79 Å². The molecule has 4 heteroatoms. The van der Waals surface area contributed by atoms with Crippen LogP contribution in [0.4, 0.5) is 0 Å². The van der Waals surface area contributed by atoms with Crippen molar-refractivity contribution in [3.63, 3.8) is 0 Å². The Morgan fingerprint density at radius 2 is 1.40 bits per heavy atom. The number of aromatic carboxylic acids is 1. The van der Waals surface area contributed by atoms with Gasteiger partial charge in [-0.2, -0.15) is 0 Å². The van der Waals surface area contributed by atoms with E-state index in [-0.39, 0.29) is 46.5 Å². The molecule has 0 heterocycles. The average Bonchev–Trinajstić information content (AvgIpc) is 2.46. The first-order valence-electron chi connectivity index (χ1n) is 6.08. The second-order valence-corrected chi connectivity index (χ2v) is 4.17. The molecule has 0 saturated heterocycles. The standard InChI is InChI=1S/C16H14O3.Na/c1-2-11-7-3-4-8-12(11)15(17)13-9-5-6-10-14(13)16(18)19;/h3-10H,2H2,1H3,(H,18,19);/q;+1/p-1. The van der Waals surface area contributed by atoms with Crippen molar-refractivity contribution in [2.75, 3.05) is 0 Å². The van der Waals surface area contributed by atoms with Gasteiger partial charge in [0.15, 0.2) is 5.78 Å². The molecule has 0 saturated carbocycles. The monoisotopic (exact) mass is 276 g/mol. The van der Waals surface area contributed by atoms with Crippen molar-refractivity contribution in [2.45, 2.75) is 13.3 Å². The maximum Gasteiger partial charge on any atom is 1.00 e. The first kappa shape index (κ1) is 16.6. The van der Waals surface area contributed by atoms with Crippen LogP contribution in [-0.2, 0) is 6.42 Å². The average molecular weight is 276 g/mol. The SMILES string of the molecule is CCc1ccccc1C(=O)c1ccccc1C(=O)[O-].[Na+]. The third kappa shape index (κ3) is 3.37. The van der Waals surface area contributed by atoms with Gasteiger partial charge in [0.25, 0.3) is 0 Å². The number of hydrogen-bond donors (Lipinski definition) is 0. The van der Waals surface area contributed by atoms with E-state index in [1.54, 1.807) is 24.3 Å². The van der Waals surface area contributed by atoms with E-state index in [2.05, 4.69) is 0 Å². The number of carboxylic acids is 1. The van der Waals surface area contributed by atoms with Crippen molar-refractivity contribution in [1.29, 1.82) is 0 Å². The van der Waals surface area contributed by atoms with E-state index in [9.17, 15) is 14.7 Å². The fraction of sp³-hybridized carbons (Fsp3) is 0.125. The normalized spacial score (nSPS) is 9.65. The third-order valence-corrected chi connectivity index (χ3v) is 3.03. The summed E-state index contributed by atoms with van der Waals surface area (Å²) < 4.78 is 0. The van der Waals surface area contributed by atoms with Gasteiger partial charge >= 0.3 is 29.6 Å². The number of ketones is 1. The van der Waals surface area contributed by atoms with Gasteiger partial charge in [0.2, 0.25) is 0 Å². The van der Waals surface area contributed by atoms with Crippen molar-refractivity contribution < 1.29 is 44.3 Å². The number of rotatable bonds is 4. The number of benzene rings is 2. The van der Waals surface area contributed by atoms with E-state index in [1.807, 2.05) is 19.1 Å². The van der Waals surface area contributed by atoms with Crippen molar-refractivity contribution in [1.82, 2.24) is 0 Å². The van der Waals surface area contributed by atoms with Gasteiger partial charge in [-0.1, -0.05) is 55.5 Å². The topological polar surface area (TPSA) is 57.2 Å². The predicted molar refractivity (Wildman–Crippen MR) is 70.0 cm³/mol. The largest absolute Gasteiger partial charge is 1.00 e. The molecule has 2 aromatic rings. The van der Waals surface area contributed by atoms with Crippen LogP contribution >= 0.6 is 0 Å². The summed E-state index contributed by atoms with van der Waals surface area (Å²) in [6, 6.07) is 13.3. The van der Waals surface area contributed by atoms with Crippen molar-refractivity contribution in [3.8, 4) is 0 Å². The zero-order valence-corrected chi connectivity index (χ0v) is 13.6. The van der Waals surface area contributed by atoms with Crippen LogP contribution in [0.25, 0.3) is 0 Å². The van der Waals surface area contributed by atoms with E-state index in [0.717, 1.165) is 12.0 Å². The first-order valence-corrected chi connectivity index (χ1v) is 6.08. The second kappa shape index (κ2) is 7.39. The van der Waals surface area contributed by atoms with Gasteiger partial charge in [-0.25, -0.2) is 0 Å². The molecule has 0 spiro atoms. The molecule has 0 amide bonds. The molecule has 0 radical (unpaired) electrons. The van der Waals surface area contributed by atoms with Crippen LogP contribution in [0.3, 0.4) is 0 Å². The number of carbonyl (C=O) groups excluding carboxylic acids is 2. The van der Waals surface area contributed by atoms with Crippen molar-refractivity contribution in [3.05, 3.63) is 70.8 Å². The number of carbonyl (C=O) groups is 2. The Kier molecular flexibility index (Phi) is 6.14. The molecule has 0 aromatic heterocycles. The number of carboxylic acid groups (broad SMARTS) is 1. The van der Waals surface area contributed by atoms with Gasteiger partial charge in [-0.15, -0.1) is 0 Å². The summed E-state index contributed by atoms with van der Waals surface area (Å²) in [5.74, 6) is -1.62. The van der Waals surface area contributed by atoms with Gasteiger partial charge in [0, 0.05) is 16.7 Å². The van der Waals surface area contributed by atoms with Crippen LogP contribution in [0, 0.1) is 0 Å². The molecule has 0 N–H and O–H groups in total. The molecule has 0 aliphatic rings. The molecule has 0 aliphatic carbocycles. The summed E-state index contributed by atoms with van der Waals surface area (Å²) in [6.07, 6.45) is 0.718. The minimum absolute atomic E-state index is 0. The summed E-state index contributed by atoms with van der Waals surface area (Å²) in [6.45, 7) is 1.96. The Balaban J connectivity index is 0.00000200. The van der Waals surface area contributed by atoms with Gasteiger partial charge in [-0.05, 0) is 12.0 Å². The molecule has 20 heavy (non-hydrogen) atoms. The molecular formula is C16H13NaO3. The van der Waals surface area contributed by atoms with E-state index in [4.69, 9.17) is 0 Å². The summed E-state index contributed by atoms with van der Waals surface area (Å²) in [4.78, 5) is 23.5. The molecule has 0 fully saturated rings. The first-order chi connectivity index (χ1) is 9.15. The van der Waals surface area contributed by atoms with E-state index in [1.165, 1.54) is 12.1 Å². The van der Waals surface area contributed by atoms with Crippen LogP contribution in [0.2, 0.25) is 0 Å². The van der Waals surface area contributed by atoms with Crippen LogP contribution in [0.1, 0.15) is 38.8 Å². The van der Waals surface area contributed by atoms with Gasteiger partial charge < -0.3 is 9.90 Å². The molecule has 96 valence electrons. The predicted octanol–water partition coefficient (Wildman–Crippen LogP) is -1.15. The van der Waals surface area contributed by atoms with Crippen LogP contribution in [-0.4, -0.2) is 11.8 Å². The minimum atomic E-state index is -1.34. The Morgan fingerprint density at radius 3 is 1.95 bits per heavy atom. The minimum Gasteiger partial charge on any atom is -0.545 e. The summed E-state index contributed by atoms with van der Waals surface area (Å²) >= 11 is 0. The second-order valence-electron chi connectivity index (χ2n) is 4.17. The molecule has 2 aromatic carbocycles. The van der Waals surface area contributed by atoms with E-state index < -0.39 is 5.97 Å². The van der Waals surface area contributed by atoms with Crippen LogP contribution in [0.15, 0.2) is 48.5 Å². The van der Waals surface area contributed by atoms with Crippen LogP contribution in [0.5, 0.6) is 0 Å². The number of hydrogen-bond acceptors (Lipinski definition) is 3. The van der Waals surface area contributed by atoms with Crippen molar-refractivity contribution >= 4 is 11.8 Å². The molecule has 3 nitrogen and oxygen atoms in total. The fourth-order valence-electron chi connectivity index (χ4n) is 2.05. The van der Waals surface area contributed by atoms with Crippen molar-refractivity contribution in [2.24, 2.45) is 0 Å².